The fourth-order valence-corrected chi connectivity index (χ4v) is 3.31. The smallest absolute Gasteiger partial charge is 0.209 e. The van der Waals surface area contributed by atoms with Crippen LogP contribution < -0.4 is 0 Å². The number of aromatic nitrogens is 3. The number of nitriles is 1. The number of halogens is 2. The van der Waals surface area contributed by atoms with Crippen molar-refractivity contribution < 1.29 is 0 Å². The number of aromatic amines is 1. The van der Waals surface area contributed by atoms with Crippen molar-refractivity contribution in [3.63, 3.8) is 0 Å². The molecule has 0 saturated heterocycles. The van der Waals surface area contributed by atoms with Crippen molar-refractivity contribution in [1.82, 2.24) is 15.2 Å². The molecule has 0 amide bonds. The Balaban J connectivity index is 1.76. The molecule has 0 spiro atoms. The van der Waals surface area contributed by atoms with E-state index in [0.29, 0.717) is 32.3 Å². The fraction of sp³-hybridized carbons (Fsp3) is 0.0625. The predicted octanol–water partition coefficient (Wildman–Crippen LogP) is 4.94. The van der Waals surface area contributed by atoms with Crippen molar-refractivity contribution in [2.45, 2.75) is 10.9 Å². The van der Waals surface area contributed by atoms with Crippen LogP contribution in [0.25, 0.3) is 11.4 Å². The van der Waals surface area contributed by atoms with Gasteiger partial charge in [0, 0.05) is 16.3 Å². The quantitative estimate of drug-likeness (QED) is 0.669. The first-order valence-electron chi connectivity index (χ1n) is 6.66. The lowest BCUT2D eigenvalue weighted by atomic mass is 10.1. The van der Waals surface area contributed by atoms with Gasteiger partial charge in [0.05, 0.1) is 16.7 Å². The maximum atomic E-state index is 9.10. The number of benzene rings is 2. The molecule has 2 aromatic carbocycles. The van der Waals surface area contributed by atoms with Crippen LogP contribution in [-0.2, 0) is 5.75 Å². The maximum absolute atomic E-state index is 9.10. The zero-order valence-electron chi connectivity index (χ0n) is 11.8. The number of thioether (sulfide) groups is 1. The molecule has 0 fully saturated rings. The molecule has 1 N–H and O–H groups in total. The third-order valence-corrected chi connectivity index (χ3v) is 4.59. The van der Waals surface area contributed by atoms with E-state index in [9.17, 15) is 0 Å². The summed E-state index contributed by atoms with van der Waals surface area (Å²) < 4.78 is 0. The Morgan fingerprint density at radius 2 is 2.00 bits per heavy atom. The van der Waals surface area contributed by atoms with Crippen LogP contribution in [0.3, 0.4) is 0 Å². The minimum absolute atomic E-state index is 0.514. The van der Waals surface area contributed by atoms with Gasteiger partial charge in [0.2, 0.25) is 5.16 Å². The first kappa shape index (κ1) is 15.9. The third kappa shape index (κ3) is 3.67. The summed E-state index contributed by atoms with van der Waals surface area (Å²) in [6.45, 7) is 0. The van der Waals surface area contributed by atoms with Gasteiger partial charge in [0.1, 0.15) is 0 Å². The molecule has 0 aliphatic rings. The van der Waals surface area contributed by atoms with Crippen molar-refractivity contribution in [2.75, 3.05) is 0 Å². The van der Waals surface area contributed by atoms with E-state index in [2.05, 4.69) is 21.3 Å². The molecule has 0 bridgehead atoms. The highest BCUT2D eigenvalue weighted by Gasteiger charge is 2.11. The Labute approximate surface area is 147 Å². The molecule has 0 aliphatic carbocycles. The molecule has 1 heterocycles. The highest BCUT2D eigenvalue weighted by Crippen LogP contribution is 2.29. The number of hydrogen-bond acceptors (Lipinski definition) is 4. The highest BCUT2D eigenvalue weighted by molar-refractivity contribution is 7.98. The van der Waals surface area contributed by atoms with Gasteiger partial charge < -0.3 is 0 Å². The van der Waals surface area contributed by atoms with Crippen LogP contribution in [0, 0.1) is 11.3 Å². The summed E-state index contributed by atoms with van der Waals surface area (Å²) in [4.78, 5) is 4.43. The summed E-state index contributed by atoms with van der Waals surface area (Å²) in [5, 5.41) is 17.8. The molecule has 3 aromatic rings. The Bertz CT molecular complexity index is 886. The molecule has 4 nitrogen and oxygen atoms in total. The first-order chi connectivity index (χ1) is 11.2. The van der Waals surface area contributed by atoms with Gasteiger partial charge in [0.15, 0.2) is 5.82 Å². The third-order valence-electron chi connectivity index (χ3n) is 3.15. The summed E-state index contributed by atoms with van der Waals surface area (Å²) in [6, 6.07) is 14.9. The summed E-state index contributed by atoms with van der Waals surface area (Å²) in [7, 11) is 0. The van der Waals surface area contributed by atoms with Crippen LogP contribution in [0.5, 0.6) is 0 Å². The van der Waals surface area contributed by atoms with Crippen LogP contribution >= 0.6 is 35.0 Å². The minimum Gasteiger partial charge on any atom is -0.258 e. The molecule has 0 radical (unpaired) electrons. The second-order valence-corrected chi connectivity index (χ2v) is 6.43. The topological polar surface area (TPSA) is 65.4 Å². The summed E-state index contributed by atoms with van der Waals surface area (Å²) in [5.41, 5.74) is 2.36. The summed E-state index contributed by atoms with van der Waals surface area (Å²) in [6.07, 6.45) is 0. The Morgan fingerprint density at radius 3 is 2.78 bits per heavy atom. The molecule has 3 rings (SSSR count). The monoisotopic (exact) mass is 360 g/mol. The molecule has 114 valence electrons. The van der Waals surface area contributed by atoms with Gasteiger partial charge in [-0.05, 0) is 29.8 Å². The van der Waals surface area contributed by atoms with Crippen LogP contribution in [0.2, 0.25) is 10.0 Å². The Morgan fingerprint density at radius 1 is 1.17 bits per heavy atom. The van der Waals surface area contributed by atoms with Crippen molar-refractivity contribution in [2.24, 2.45) is 0 Å². The van der Waals surface area contributed by atoms with Crippen molar-refractivity contribution >= 4 is 35.0 Å². The lowest BCUT2D eigenvalue weighted by Gasteiger charge is -2.01. The van der Waals surface area contributed by atoms with Gasteiger partial charge in [-0.15, -0.1) is 5.10 Å². The molecule has 1 aromatic heterocycles. The van der Waals surface area contributed by atoms with Crippen LogP contribution in [0.15, 0.2) is 47.6 Å². The zero-order chi connectivity index (χ0) is 16.2. The molecule has 23 heavy (non-hydrogen) atoms. The molecule has 0 saturated carbocycles. The van der Waals surface area contributed by atoms with Crippen molar-refractivity contribution in [1.29, 1.82) is 5.26 Å². The van der Waals surface area contributed by atoms with E-state index >= 15 is 0 Å². The van der Waals surface area contributed by atoms with E-state index in [1.54, 1.807) is 24.3 Å². The number of nitrogens with one attached hydrogen (secondary N) is 1. The average Bonchev–Trinajstić information content (AvgIpc) is 3.02. The van der Waals surface area contributed by atoms with Gasteiger partial charge in [-0.1, -0.05) is 53.2 Å². The minimum atomic E-state index is 0.514. The predicted molar refractivity (Wildman–Crippen MR) is 92.6 cm³/mol. The lowest BCUT2D eigenvalue weighted by Crippen LogP contribution is -1.87. The largest absolute Gasteiger partial charge is 0.258 e. The van der Waals surface area contributed by atoms with Gasteiger partial charge in [0.25, 0.3) is 0 Å². The van der Waals surface area contributed by atoms with E-state index in [0.717, 1.165) is 11.1 Å². The van der Waals surface area contributed by atoms with Gasteiger partial charge in [-0.2, -0.15) is 5.26 Å². The van der Waals surface area contributed by atoms with Crippen LogP contribution in [0.4, 0.5) is 0 Å². The summed E-state index contributed by atoms with van der Waals surface area (Å²) in [5.74, 6) is 1.21. The van der Waals surface area contributed by atoms with E-state index in [1.807, 2.05) is 18.2 Å². The number of rotatable bonds is 4. The van der Waals surface area contributed by atoms with E-state index in [-0.39, 0.29) is 0 Å². The van der Waals surface area contributed by atoms with E-state index in [4.69, 9.17) is 28.5 Å². The van der Waals surface area contributed by atoms with Crippen molar-refractivity contribution in [3.05, 3.63) is 63.6 Å². The standard InChI is InChI=1S/C16H10Cl2N4S/c17-12-5-6-13(14(18)7-12)15-20-16(22-21-15)23-9-11-4-2-1-3-10(11)8-19/h1-7H,9H2,(H,20,21,22). The molecule has 0 aliphatic heterocycles. The normalized spacial score (nSPS) is 10.5. The molecular weight excluding hydrogens is 351 g/mol. The number of hydrogen-bond donors (Lipinski definition) is 1. The molecule has 0 unspecified atom stereocenters. The Kier molecular flexibility index (Phi) is 4.87. The first-order valence-corrected chi connectivity index (χ1v) is 8.40. The van der Waals surface area contributed by atoms with E-state index in [1.165, 1.54) is 11.8 Å². The zero-order valence-corrected chi connectivity index (χ0v) is 14.1. The second kappa shape index (κ2) is 7.05. The fourth-order valence-electron chi connectivity index (χ4n) is 2.01. The molecule has 7 heteroatoms. The number of nitrogens with zero attached hydrogens (tertiary/aromatic N) is 3. The summed E-state index contributed by atoms with van der Waals surface area (Å²) >= 11 is 13.5. The second-order valence-electron chi connectivity index (χ2n) is 4.65. The molecular formula is C16H10Cl2N4S. The van der Waals surface area contributed by atoms with Crippen molar-refractivity contribution in [3.8, 4) is 17.5 Å². The van der Waals surface area contributed by atoms with Gasteiger partial charge in [-0.3, -0.25) is 5.10 Å². The van der Waals surface area contributed by atoms with E-state index < -0.39 is 0 Å². The van der Waals surface area contributed by atoms with Crippen LogP contribution in [0.1, 0.15) is 11.1 Å². The SMILES string of the molecule is N#Cc1ccccc1CSc1n[nH]c(-c2ccc(Cl)cc2Cl)n1. The average molecular weight is 361 g/mol. The highest BCUT2D eigenvalue weighted by atomic mass is 35.5. The van der Waals surface area contributed by atoms with Crippen LogP contribution in [-0.4, -0.2) is 15.2 Å². The molecule has 0 atom stereocenters. The maximum Gasteiger partial charge on any atom is 0.209 e. The lowest BCUT2D eigenvalue weighted by molar-refractivity contribution is 0.973. The number of H-pyrrole nitrogens is 1. The Hall–Kier alpha value is -2.00. The van der Waals surface area contributed by atoms with Gasteiger partial charge in [-0.25, -0.2) is 4.98 Å². The van der Waals surface area contributed by atoms with Gasteiger partial charge >= 0.3 is 0 Å².